The Balaban J connectivity index is 1.92. The highest BCUT2D eigenvalue weighted by Gasteiger charge is 2.47. The van der Waals surface area contributed by atoms with E-state index in [1.54, 1.807) is 37.3 Å². The lowest BCUT2D eigenvalue weighted by molar-refractivity contribution is -0.132. The third-order valence-electron chi connectivity index (χ3n) is 5.02. The minimum absolute atomic E-state index is 0.0312. The largest absolute Gasteiger partial charge is 0.507 e. The van der Waals surface area contributed by atoms with E-state index >= 15 is 0 Å². The van der Waals surface area contributed by atoms with E-state index in [0.717, 1.165) is 4.88 Å². The maximum atomic E-state index is 13.7. The highest BCUT2D eigenvalue weighted by molar-refractivity contribution is 7.10. The van der Waals surface area contributed by atoms with Crippen molar-refractivity contribution in [2.24, 2.45) is 0 Å². The number of hydrogen-bond donors (Lipinski definition) is 1. The Kier molecular flexibility index (Phi) is 5.13. The number of anilines is 1. The second-order valence-corrected chi connectivity index (χ2v) is 7.83. The Morgan fingerprint density at radius 3 is 2.60 bits per heavy atom. The van der Waals surface area contributed by atoms with E-state index in [-0.39, 0.29) is 16.9 Å². The fourth-order valence-corrected chi connectivity index (χ4v) is 4.35. The summed E-state index contributed by atoms with van der Waals surface area (Å²) >= 11 is 1.37. The summed E-state index contributed by atoms with van der Waals surface area (Å²) < 4.78 is 18.9. The van der Waals surface area contributed by atoms with Crippen molar-refractivity contribution in [1.29, 1.82) is 0 Å². The molecule has 0 radical (unpaired) electrons. The molecule has 1 saturated heterocycles. The summed E-state index contributed by atoms with van der Waals surface area (Å²) in [5, 5.41) is 12.8. The first kappa shape index (κ1) is 19.8. The van der Waals surface area contributed by atoms with Gasteiger partial charge in [0.25, 0.3) is 11.7 Å². The molecule has 1 aromatic heterocycles. The van der Waals surface area contributed by atoms with Crippen molar-refractivity contribution in [3.8, 4) is 5.75 Å². The summed E-state index contributed by atoms with van der Waals surface area (Å²) in [6, 6.07) is 13.7. The molecule has 1 N–H and O–H groups in total. The number of amides is 1. The minimum Gasteiger partial charge on any atom is -0.507 e. The minimum atomic E-state index is -0.803. The van der Waals surface area contributed by atoms with Gasteiger partial charge < -0.3 is 9.84 Å². The van der Waals surface area contributed by atoms with Crippen LogP contribution in [0.1, 0.15) is 22.0 Å². The summed E-state index contributed by atoms with van der Waals surface area (Å²) in [7, 11) is 1.51. The molecule has 4 rings (SSSR count). The van der Waals surface area contributed by atoms with Crippen molar-refractivity contribution >= 4 is 34.5 Å². The molecule has 7 heteroatoms. The average Bonchev–Trinajstić information content (AvgIpc) is 3.37. The van der Waals surface area contributed by atoms with Crippen LogP contribution in [0.25, 0.3) is 5.76 Å². The molecule has 0 aliphatic carbocycles. The number of carbonyl (C=O) groups is 2. The first-order valence-corrected chi connectivity index (χ1v) is 10.1. The zero-order chi connectivity index (χ0) is 21.4. The molecule has 0 spiro atoms. The zero-order valence-electron chi connectivity index (χ0n) is 16.3. The standard InChI is InChI=1S/C23H18FNO4S/c1-13-11-14(8-9-17(13)24)21(26)19-20(18-7-4-10-30-18)25(23(28)22(19)27)15-5-3-6-16(12-15)29-2/h3-12,20,26H,1-2H3/b21-19-. The van der Waals surface area contributed by atoms with Crippen LogP contribution < -0.4 is 9.64 Å². The quantitative estimate of drug-likeness (QED) is 0.371. The number of benzene rings is 2. The molecule has 0 saturated carbocycles. The highest BCUT2D eigenvalue weighted by Crippen LogP contribution is 2.44. The smallest absolute Gasteiger partial charge is 0.300 e. The molecule has 1 aliphatic rings. The van der Waals surface area contributed by atoms with Crippen LogP contribution >= 0.6 is 11.3 Å². The van der Waals surface area contributed by atoms with Gasteiger partial charge in [-0.1, -0.05) is 12.1 Å². The van der Waals surface area contributed by atoms with Crippen molar-refractivity contribution < 1.29 is 23.8 Å². The number of aliphatic hydroxyl groups is 1. The second-order valence-electron chi connectivity index (χ2n) is 6.85. The predicted molar refractivity (Wildman–Crippen MR) is 113 cm³/mol. The molecule has 5 nitrogen and oxygen atoms in total. The lowest BCUT2D eigenvalue weighted by Crippen LogP contribution is -2.29. The van der Waals surface area contributed by atoms with Gasteiger partial charge in [-0.05, 0) is 54.3 Å². The predicted octanol–water partition coefficient (Wildman–Crippen LogP) is 4.83. The number of nitrogens with zero attached hydrogens (tertiary/aromatic N) is 1. The Morgan fingerprint density at radius 2 is 1.93 bits per heavy atom. The monoisotopic (exact) mass is 423 g/mol. The summed E-state index contributed by atoms with van der Waals surface area (Å²) in [4.78, 5) is 28.1. The number of methoxy groups -OCH3 is 1. The van der Waals surface area contributed by atoms with Gasteiger partial charge in [-0.2, -0.15) is 0 Å². The number of ether oxygens (including phenoxy) is 1. The van der Waals surface area contributed by atoms with Crippen LogP contribution in [0.4, 0.5) is 10.1 Å². The van der Waals surface area contributed by atoms with Crippen LogP contribution in [0.5, 0.6) is 5.75 Å². The van der Waals surface area contributed by atoms with E-state index in [0.29, 0.717) is 17.0 Å². The Hall–Kier alpha value is -3.45. The van der Waals surface area contributed by atoms with E-state index in [4.69, 9.17) is 4.74 Å². The lowest BCUT2D eigenvalue weighted by Gasteiger charge is -2.24. The number of halogens is 1. The van der Waals surface area contributed by atoms with Crippen LogP contribution in [0, 0.1) is 12.7 Å². The molecular weight excluding hydrogens is 405 g/mol. The maximum Gasteiger partial charge on any atom is 0.300 e. The Morgan fingerprint density at radius 1 is 1.13 bits per heavy atom. The number of ketones is 1. The number of Topliss-reactive ketones (excluding diaryl/α,β-unsaturated/α-hetero) is 1. The van der Waals surface area contributed by atoms with Gasteiger partial charge in [-0.25, -0.2) is 4.39 Å². The summed E-state index contributed by atoms with van der Waals surface area (Å²) in [5.41, 5.74) is 1.05. The molecular formula is C23H18FNO4S. The molecule has 2 heterocycles. The van der Waals surface area contributed by atoms with Crippen molar-refractivity contribution in [2.45, 2.75) is 13.0 Å². The van der Waals surface area contributed by atoms with Gasteiger partial charge in [-0.3, -0.25) is 14.5 Å². The van der Waals surface area contributed by atoms with Gasteiger partial charge in [0.15, 0.2) is 0 Å². The van der Waals surface area contributed by atoms with Crippen molar-refractivity contribution in [3.63, 3.8) is 0 Å². The van der Waals surface area contributed by atoms with Crippen molar-refractivity contribution in [1.82, 2.24) is 0 Å². The van der Waals surface area contributed by atoms with Gasteiger partial charge >= 0.3 is 0 Å². The average molecular weight is 423 g/mol. The molecule has 0 bridgehead atoms. The van der Waals surface area contributed by atoms with Crippen LogP contribution in [0.3, 0.4) is 0 Å². The van der Waals surface area contributed by atoms with Crippen molar-refractivity contribution in [2.75, 3.05) is 12.0 Å². The van der Waals surface area contributed by atoms with Crippen LogP contribution in [-0.2, 0) is 9.59 Å². The normalized spacial score (nSPS) is 18.1. The van der Waals surface area contributed by atoms with Gasteiger partial charge in [-0.15, -0.1) is 11.3 Å². The van der Waals surface area contributed by atoms with E-state index in [1.165, 1.54) is 41.5 Å². The highest BCUT2D eigenvalue weighted by atomic mass is 32.1. The second kappa shape index (κ2) is 7.76. The topological polar surface area (TPSA) is 66.8 Å². The summed E-state index contributed by atoms with van der Waals surface area (Å²) in [6.45, 7) is 1.57. The summed E-state index contributed by atoms with van der Waals surface area (Å²) in [6.07, 6.45) is 0. The third-order valence-corrected chi connectivity index (χ3v) is 5.94. The van der Waals surface area contributed by atoms with Crippen LogP contribution in [-0.4, -0.2) is 23.9 Å². The van der Waals surface area contributed by atoms with Gasteiger partial charge in [0, 0.05) is 22.2 Å². The molecule has 1 fully saturated rings. The van der Waals surface area contributed by atoms with E-state index in [2.05, 4.69) is 0 Å². The third kappa shape index (κ3) is 3.27. The molecule has 1 atom stereocenters. The lowest BCUT2D eigenvalue weighted by atomic mass is 9.98. The number of thiophene rings is 1. The number of carbonyl (C=O) groups excluding carboxylic acids is 2. The van der Waals surface area contributed by atoms with E-state index in [1.807, 2.05) is 11.4 Å². The Labute approximate surface area is 176 Å². The van der Waals surface area contributed by atoms with Gasteiger partial charge in [0.05, 0.1) is 12.7 Å². The number of aliphatic hydroxyl groups excluding tert-OH is 1. The first-order chi connectivity index (χ1) is 14.4. The van der Waals surface area contributed by atoms with Crippen LogP contribution in [0.15, 0.2) is 65.6 Å². The first-order valence-electron chi connectivity index (χ1n) is 9.17. The molecule has 1 amide bonds. The maximum absolute atomic E-state index is 13.7. The molecule has 3 aromatic rings. The van der Waals surface area contributed by atoms with Crippen molar-refractivity contribution in [3.05, 3.63) is 87.4 Å². The summed E-state index contributed by atoms with van der Waals surface area (Å²) in [5.74, 6) is -1.76. The van der Waals surface area contributed by atoms with Gasteiger partial charge in [0.2, 0.25) is 0 Å². The fraction of sp³-hybridized carbons (Fsp3) is 0.130. The number of hydrogen-bond acceptors (Lipinski definition) is 5. The fourth-order valence-electron chi connectivity index (χ4n) is 3.52. The SMILES string of the molecule is COc1cccc(N2C(=O)C(=O)/C(=C(\O)c3ccc(F)c(C)c3)C2c2cccs2)c1. The zero-order valence-corrected chi connectivity index (χ0v) is 17.1. The molecule has 30 heavy (non-hydrogen) atoms. The van der Waals surface area contributed by atoms with Gasteiger partial charge in [0.1, 0.15) is 23.4 Å². The molecule has 1 unspecified atom stereocenters. The Bertz CT molecular complexity index is 1170. The molecule has 2 aromatic carbocycles. The molecule has 1 aliphatic heterocycles. The van der Waals surface area contributed by atoms with Crippen LogP contribution in [0.2, 0.25) is 0 Å². The van der Waals surface area contributed by atoms with E-state index < -0.39 is 23.5 Å². The van der Waals surface area contributed by atoms with E-state index in [9.17, 15) is 19.1 Å². The number of rotatable bonds is 4. The molecule has 152 valence electrons. The number of aryl methyl sites for hydroxylation is 1.